The lowest BCUT2D eigenvalue weighted by Gasteiger charge is -2.24. The molecular formula is C26H27N5O2. The minimum Gasteiger partial charge on any atom is -0.493 e. The number of rotatable bonds is 6. The summed E-state index contributed by atoms with van der Waals surface area (Å²) in [6, 6.07) is 17.6. The highest BCUT2D eigenvalue weighted by Crippen LogP contribution is 2.33. The first-order valence-electron chi connectivity index (χ1n) is 11.4. The maximum atomic E-state index is 13.1. The van der Waals surface area contributed by atoms with E-state index in [1.54, 1.807) is 10.9 Å². The van der Waals surface area contributed by atoms with Crippen LogP contribution in [0.25, 0.3) is 16.9 Å². The van der Waals surface area contributed by atoms with Crippen molar-refractivity contribution < 1.29 is 9.53 Å². The van der Waals surface area contributed by atoms with Crippen LogP contribution in [0.4, 0.5) is 0 Å². The van der Waals surface area contributed by atoms with Crippen LogP contribution in [-0.2, 0) is 4.79 Å². The van der Waals surface area contributed by atoms with E-state index in [9.17, 15) is 4.79 Å². The van der Waals surface area contributed by atoms with E-state index in [1.165, 1.54) is 0 Å². The molecule has 0 aliphatic carbocycles. The molecule has 5 rings (SSSR count). The molecule has 1 aliphatic heterocycles. The van der Waals surface area contributed by atoms with Crippen molar-refractivity contribution in [1.82, 2.24) is 24.6 Å². The van der Waals surface area contributed by atoms with E-state index in [4.69, 9.17) is 9.72 Å². The van der Waals surface area contributed by atoms with E-state index < -0.39 is 0 Å². The Balaban J connectivity index is 1.35. The van der Waals surface area contributed by atoms with E-state index in [0.29, 0.717) is 13.0 Å². The molecule has 1 aromatic carbocycles. The molecule has 4 heterocycles. The third kappa shape index (κ3) is 4.18. The molecule has 1 saturated heterocycles. The fraction of sp³-hybridized carbons (Fsp3) is 0.308. The van der Waals surface area contributed by atoms with Crippen molar-refractivity contribution >= 4 is 16.9 Å². The molecular weight excluding hydrogens is 414 g/mol. The zero-order valence-electron chi connectivity index (χ0n) is 18.9. The molecule has 33 heavy (non-hydrogen) atoms. The summed E-state index contributed by atoms with van der Waals surface area (Å²) in [4.78, 5) is 24.4. The van der Waals surface area contributed by atoms with Gasteiger partial charge in [-0.2, -0.15) is 9.78 Å². The first-order chi connectivity index (χ1) is 16.1. The van der Waals surface area contributed by atoms with Crippen LogP contribution in [0.2, 0.25) is 0 Å². The number of aromatic nitrogens is 4. The van der Waals surface area contributed by atoms with Crippen LogP contribution in [0.15, 0.2) is 60.8 Å². The maximum absolute atomic E-state index is 13.1. The second-order valence-electron chi connectivity index (χ2n) is 8.40. The molecule has 7 nitrogen and oxygen atoms in total. The predicted octanol–water partition coefficient (Wildman–Crippen LogP) is 4.56. The van der Waals surface area contributed by atoms with Gasteiger partial charge in [-0.15, -0.1) is 0 Å². The molecule has 1 amide bonds. The lowest BCUT2D eigenvalue weighted by Crippen LogP contribution is -2.32. The van der Waals surface area contributed by atoms with Gasteiger partial charge in [-0.1, -0.05) is 24.3 Å². The fourth-order valence-electron chi connectivity index (χ4n) is 4.47. The number of ether oxygens (including phenoxy) is 1. The summed E-state index contributed by atoms with van der Waals surface area (Å²) in [7, 11) is 0. The Kier molecular flexibility index (Phi) is 5.77. The number of aryl methyl sites for hydroxylation is 2. The summed E-state index contributed by atoms with van der Waals surface area (Å²) in [6.45, 7) is 5.09. The Morgan fingerprint density at radius 1 is 1.09 bits per heavy atom. The minimum absolute atomic E-state index is 0.0345. The van der Waals surface area contributed by atoms with Crippen molar-refractivity contribution in [3.63, 3.8) is 0 Å². The third-order valence-electron chi connectivity index (χ3n) is 6.19. The number of benzene rings is 1. The van der Waals surface area contributed by atoms with Gasteiger partial charge in [-0.25, -0.2) is 9.97 Å². The van der Waals surface area contributed by atoms with Gasteiger partial charge >= 0.3 is 0 Å². The minimum atomic E-state index is -0.0345. The zero-order valence-corrected chi connectivity index (χ0v) is 18.9. The van der Waals surface area contributed by atoms with E-state index in [2.05, 4.69) is 16.1 Å². The van der Waals surface area contributed by atoms with Crippen LogP contribution in [0.1, 0.15) is 42.3 Å². The van der Waals surface area contributed by atoms with Crippen LogP contribution in [0.5, 0.6) is 5.75 Å². The first kappa shape index (κ1) is 21.1. The van der Waals surface area contributed by atoms with Crippen molar-refractivity contribution in [2.24, 2.45) is 0 Å². The number of hydrogen-bond acceptors (Lipinski definition) is 5. The van der Waals surface area contributed by atoms with Gasteiger partial charge in [0.25, 0.3) is 0 Å². The number of fused-ring (bicyclic) bond motifs is 1. The van der Waals surface area contributed by atoms with Crippen molar-refractivity contribution in [3.8, 4) is 11.6 Å². The summed E-state index contributed by atoms with van der Waals surface area (Å²) < 4.78 is 7.63. The second-order valence-corrected chi connectivity index (χ2v) is 8.40. The summed E-state index contributed by atoms with van der Waals surface area (Å²) >= 11 is 0. The van der Waals surface area contributed by atoms with Gasteiger partial charge in [0.05, 0.1) is 30.5 Å². The topological polar surface area (TPSA) is 73.1 Å². The predicted molar refractivity (Wildman–Crippen MR) is 126 cm³/mol. The molecule has 0 saturated carbocycles. The molecule has 0 spiro atoms. The fourth-order valence-corrected chi connectivity index (χ4v) is 4.47. The van der Waals surface area contributed by atoms with Crippen LogP contribution in [0, 0.1) is 13.8 Å². The van der Waals surface area contributed by atoms with E-state index in [-0.39, 0.29) is 11.9 Å². The smallest absolute Gasteiger partial charge is 0.226 e. The number of hydrogen-bond donors (Lipinski definition) is 0. The number of para-hydroxylation sites is 1. The van der Waals surface area contributed by atoms with Crippen molar-refractivity contribution in [1.29, 1.82) is 0 Å². The Morgan fingerprint density at radius 2 is 1.94 bits per heavy atom. The van der Waals surface area contributed by atoms with Crippen LogP contribution in [-0.4, -0.2) is 43.7 Å². The summed E-state index contributed by atoms with van der Waals surface area (Å²) in [5.74, 6) is 1.66. The Morgan fingerprint density at radius 3 is 2.76 bits per heavy atom. The molecule has 0 bridgehead atoms. The molecule has 168 valence electrons. The number of carbonyl (C=O) groups is 1. The Bertz CT molecular complexity index is 1280. The Labute approximate surface area is 193 Å². The lowest BCUT2D eigenvalue weighted by atomic mass is 10.1. The third-order valence-corrected chi connectivity index (χ3v) is 6.19. The van der Waals surface area contributed by atoms with Crippen LogP contribution in [0.3, 0.4) is 0 Å². The first-order valence-corrected chi connectivity index (χ1v) is 11.4. The second kappa shape index (κ2) is 9.02. The molecule has 1 aliphatic rings. The zero-order chi connectivity index (χ0) is 22.8. The standard InChI is InChI=1S/C26H27N5O2/c1-18-8-3-4-10-23(18)33-17-14-25(32)30-16-7-9-22(30)21-13-12-20-19(2)29-31(26(20)28-21)24-11-5-6-15-27-24/h3-6,8,10-13,15,22H,7,9,14,16-17H2,1-2H3/t22-/m1/s1. The van der Waals surface area contributed by atoms with Gasteiger partial charge in [0.15, 0.2) is 11.5 Å². The summed E-state index contributed by atoms with van der Waals surface area (Å²) in [5, 5.41) is 5.65. The van der Waals surface area contributed by atoms with E-state index in [0.717, 1.165) is 58.9 Å². The van der Waals surface area contributed by atoms with Gasteiger partial charge < -0.3 is 9.64 Å². The molecule has 7 heteroatoms. The summed E-state index contributed by atoms with van der Waals surface area (Å²) in [6.07, 6.45) is 3.96. The van der Waals surface area contributed by atoms with Crippen molar-refractivity contribution in [3.05, 3.63) is 77.7 Å². The lowest BCUT2D eigenvalue weighted by molar-refractivity contribution is -0.132. The van der Waals surface area contributed by atoms with Crippen molar-refractivity contribution in [2.75, 3.05) is 13.2 Å². The van der Waals surface area contributed by atoms with E-state index >= 15 is 0 Å². The molecule has 0 radical (unpaired) electrons. The number of likely N-dealkylation sites (tertiary alicyclic amines) is 1. The number of pyridine rings is 2. The van der Waals surface area contributed by atoms with Gasteiger partial charge in [-0.3, -0.25) is 4.79 Å². The quantitative estimate of drug-likeness (QED) is 0.438. The van der Waals surface area contributed by atoms with Gasteiger partial charge in [0, 0.05) is 18.1 Å². The van der Waals surface area contributed by atoms with E-state index in [1.807, 2.05) is 67.3 Å². The molecule has 1 atom stereocenters. The number of carbonyl (C=O) groups excluding carboxylic acids is 1. The van der Waals surface area contributed by atoms with Gasteiger partial charge in [-0.05, 0) is 62.6 Å². The van der Waals surface area contributed by atoms with Gasteiger partial charge in [0.2, 0.25) is 5.91 Å². The highest BCUT2D eigenvalue weighted by atomic mass is 16.5. The molecule has 3 aromatic heterocycles. The summed E-state index contributed by atoms with van der Waals surface area (Å²) in [5.41, 5.74) is 3.64. The molecule has 1 fully saturated rings. The van der Waals surface area contributed by atoms with Crippen molar-refractivity contribution in [2.45, 2.75) is 39.2 Å². The number of nitrogens with zero attached hydrogens (tertiary/aromatic N) is 5. The number of amides is 1. The molecule has 4 aromatic rings. The highest BCUT2D eigenvalue weighted by molar-refractivity contribution is 5.80. The monoisotopic (exact) mass is 441 g/mol. The molecule has 0 unspecified atom stereocenters. The Hall–Kier alpha value is -3.74. The van der Waals surface area contributed by atoms with Gasteiger partial charge in [0.1, 0.15) is 5.75 Å². The largest absolute Gasteiger partial charge is 0.493 e. The van der Waals surface area contributed by atoms with Crippen LogP contribution >= 0.6 is 0 Å². The average molecular weight is 442 g/mol. The average Bonchev–Trinajstić information content (AvgIpc) is 3.46. The highest BCUT2D eigenvalue weighted by Gasteiger charge is 2.31. The molecule has 0 N–H and O–H groups in total. The normalized spacial score (nSPS) is 15.8. The van der Waals surface area contributed by atoms with Crippen LogP contribution < -0.4 is 4.74 Å². The SMILES string of the molecule is Cc1ccccc1OCCC(=O)N1CCC[C@@H]1c1ccc2c(C)nn(-c3ccccn3)c2n1. The maximum Gasteiger partial charge on any atom is 0.226 e.